The second kappa shape index (κ2) is 5.97. The van der Waals surface area contributed by atoms with E-state index in [1.54, 1.807) is 11.8 Å². The molecule has 0 radical (unpaired) electrons. The van der Waals surface area contributed by atoms with Crippen molar-refractivity contribution in [3.8, 4) is 0 Å². The van der Waals surface area contributed by atoms with E-state index in [0.29, 0.717) is 24.8 Å². The van der Waals surface area contributed by atoms with Crippen molar-refractivity contribution >= 4 is 23.8 Å². The summed E-state index contributed by atoms with van der Waals surface area (Å²) in [6.07, 6.45) is 0.981. The van der Waals surface area contributed by atoms with Crippen molar-refractivity contribution in [3.63, 3.8) is 0 Å². The number of nitrogens with zero attached hydrogens (tertiary/aromatic N) is 1. The van der Waals surface area contributed by atoms with Crippen LogP contribution in [0.4, 0.5) is 4.79 Å². The Kier molecular flexibility index (Phi) is 4.05. The molecule has 2 amide bonds. The van der Waals surface area contributed by atoms with Crippen LogP contribution in [0.25, 0.3) is 0 Å². The van der Waals surface area contributed by atoms with Gasteiger partial charge in [0.2, 0.25) is 0 Å². The Bertz CT molecular complexity index is 564. The first kappa shape index (κ1) is 14.3. The van der Waals surface area contributed by atoms with E-state index in [9.17, 15) is 14.7 Å². The third-order valence-electron chi connectivity index (χ3n) is 4.14. The van der Waals surface area contributed by atoms with Crippen molar-refractivity contribution in [1.82, 2.24) is 10.2 Å². The second-order valence-corrected chi connectivity index (χ2v) is 6.56. The molecule has 1 aliphatic carbocycles. The summed E-state index contributed by atoms with van der Waals surface area (Å²) in [6, 6.07) is 7.26. The van der Waals surface area contributed by atoms with E-state index >= 15 is 0 Å². The normalized spacial score (nSPS) is 23.9. The number of fused-ring (bicyclic) bond motifs is 1. The Balaban J connectivity index is 1.56. The van der Waals surface area contributed by atoms with Crippen LogP contribution in [0.15, 0.2) is 24.3 Å². The van der Waals surface area contributed by atoms with E-state index < -0.39 is 12.0 Å². The Labute approximate surface area is 127 Å². The van der Waals surface area contributed by atoms with E-state index in [1.165, 1.54) is 16.0 Å². The van der Waals surface area contributed by atoms with Crippen LogP contribution in [-0.4, -0.2) is 52.6 Å². The average Bonchev–Trinajstić information content (AvgIpc) is 2.48. The number of amides is 2. The van der Waals surface area contributed by atoms with E-state index in [2.05, 4.69) is 17.4 Å². The van der Waals surface area contributed by atoms with Crippen LogP contribution in [0, 0.1) is 0 Å². The van der Waals surface area contributed by atoms with Gasteiger partial charge < -0.3 is 15.3 Å². The predicted octanol–water partition coefficient (Wildman–Crippen LogP) is 1.54. The van der Waals surface area contributed by atoms with Gasteiger partial charge in [-0.25, -0.2) is 9.59 Å². The number of benzene rings is 1. The minimum atomic E-state index is -0.925. The molecule has 2 unspecified atom stereocenters. The van der Waals surface area contributed by atoms with Crippen molar-refractivity contribution in [2.75, 3.05) is 24.6 Å². The summed E-state index contributed by atoms with van der Waals surface area (Å²) in [5.74, 6) is 0.692. The highest BCUT2D eigenvalue weighted by atomic mass is 32.2. The van der Waals surface area contributed by atoms with E-state index in [1.807, 2.05) is 12.1 Å². The lowest BCUT2D eigenvalue weighted by Crippen LogP contribution is -2.54. The lowest BCUT2D eigenvalue weighted by molar-refractivity contribution is -0.141. The fourth-order valence-electron chi connectivity index (χ4n) is 2.91. The van der Waals surface area contributed by atoms with Crippen LogP contribution in [0.2, 0.25) is 0 Å². The molecule has 5 nitrogen and oxygen atoms in total. The molecular weight excluding hydrogens is 288 g/mol. The van der Waals surface area contributed by atoms with E-state index in [4.69, 9.17) is 0 Å². The highest BCUT2D eigenvalue weighted by molar-refractivity contribution is 7.99. The molecule has 1 aliphatic heterocycles. The van der Waals surface area contributed by atoms with Crippen molar-refractivity contribution in [2.24, 2.45) is 0 Å². The van der Waals surface area contributed by atoms with Gasteiger partial charge in [-0.2, -0.15) is 11.8 Å². The quantitative estimate of drug-likeness (QED) is 0.889. The zero-order valence-electron chi connectivity index (χ0n) is 11.6. The van der Waals surface area contributed by atoms with Crippen molar-refractivity contribution in [2.45, 2.75) is 18.4 Å². The first-order valence-corrected chi connectivity index (χ1v) is 8.25. The van der Waals surface area contributed by atoms with Gasteiger partial charge in [0.1, 0.15) is 6.04 Å². The van der Waals surface area contributed by atoms with Crippen molar-refractivity contribution in [3.05, 3.63) is 35.4 Å². The maximum Gasteiger partial charge on any atom is 0.327 e. The minimum Gasteiger partial charge on any atom is -0.480 e. The number of carbonyl (C=O) groups excluding carboxylic acids is 1. The number of rotatable bonds is 3. The van der Waals surface area contributed by atoms with Crippen LogP contribution < -0.4 is 5.32 Å². The number of carbonyl (C=O) groups is 2. The lowest BCUT2D eigenvalue weighted by Gasteiger charge is -2.34. The molecule has 1 heterocycles. The summed E-state index contributed by atoms with van der Waals surface area (Å²) in [5, 5.41) is 12.1. The van der Waals surface area contributed by atoms with Crippen LogP contribution in [0.3, 0.4) is 0 Å². The van der Waals surface area contributed by atoms with E-state index in [0.717, 1.165) is 12.2 Å². The Morgan fingerprint density at radius 2 is 2.19 bits per heavy atom. The minimum absolute atomic E-state index is 0.257. The van der Waals surface area contributed by atoms with Gasteiger partial charge in [-0.05, 0) is 17.5 Å². The number of nitrogens with one attached hydrogen (secondary N) is 1. The molecule has 21 heavy (non-hydrogen) atoms. The molecule has 1 aromatic carbocycles. The summed E-state index contributed by atoms with van der Waals surface area (Å²) >= 11 is 1.58. The van der Waals surface area contributed by atoms with Crippen LogP contribution in [-0.2, 0) is 11.2 Å². The molecule has 0 spiro atoms. The SMILES string of the molecule is O=C(O)C1CSCCN1C(=O)NCC1Cc2ccccc21. The molecule has 1 saturated heterocycles. The van der Waals surface area contributed by atoms with Crippen LogP contribution in [0.1, 0.15) is 17.0 Å². The van der Waals surface area contributed by atoms with Gasteiger partial charge in [0.05, 0.1) is 0 Å². The molecule has 2 aliphatic rings. The fraction of sp³-hybridized carbons (Fsp3) is 0.467. The third kappa shape index (κ3) is 2.85. The molecule has 1 fully saturated rings. The largest absolute Gasteiger partial charge is 0.480 e. The van der Waals surface area contributed by atoms with E-state index in [-0.39, 0.29) is 6.03 Å². The van der Waals surface area contributed by atoms with Gasteiger partial charge in [-0.3, -0.25) is 0 Å². The maximum absolute atomic E-state index is 12.2. The number of urea groups is 1. The number of carboxylic acid groups (broad SMARTS) is 1. The summed E-state index contributed by atoms with van der Waals surface area (Å²) in [6.45, 7) is 1.07. The molecule has 112 valence electrons. The average molecular weight is 306 g/mol. The molecular formula is C15H18N2O3S. The standard InChI is InChI=1S/C15H18N2O3S/c18-14(19)13-9-21-6-5-17(13)15(20)16-8-11-7-10-3-1-2-4-12(10)11/h1-4,11,13H,5-9H2,(H,16,20)(H,18,19). The molecule has 2 N–H and O–H groups in total. The van der Waals surface area contributed by atoms with Gasteiger partial charge in [0.15, 0.2) is 0 Å². The molecule has 0 bridgehead atoms. The molecule has 0 aromatic heterocycles. The van der Waals surface area contributed by atoms with Crippen molar-refractivity contribution in [1.29, 1.82) is 0 Å². The molecule has 2 atom stereocenters. The monoisotopic (exact) mass is 306 g/mol. The number of hydrogen-bond donors (Lipinski definition) is 2. The third-order valence-corrected chi connectivity index (χ3v) is 5.16. The van der Waals surface area contributed by atoms with Gasteiger partial charge in [-0.15, -0.1) is 0 Å². The topological polar surface area (TPSA) is 69.6 Å². The highest BCUT2D eigenvalue weighted by Crippen LogP contribution is 2.34. The first-order chi connectivity index (χ1) is 10.2. The van der Waals surface area contributed by atoms with Crippen LogP contribution in [0.5, 0.6) is 0 Å². The number of carboxylic acids is 1. The van der Waals surface area contributed by atoms with Gasteiger partial charge in [0.25, 0.3) is 0 Å². The summed E-state index contributed by atoms with van der Waals surface area (Å²) in [5.41, 5.74) is 2.64. The predicted molar refractivity (Wildman–Crippen MR) is 81.7 cm³/mol. The zero-order chi connectivity index (χ0) is 14.8. The summed E-state index contributed by atoms with van der Waals surface area (Å²) in [4.78, 5) is 24.9. The molecule has 1 aromatic rings. The molecule has 6 heteroatoms. The Morgan fingerprint density at radius 3 is 2.95 bits per heavy atom. The zero-order valence-corrected chi connectivity index (χ0v) is 12.4. The highest BCUT2D eigenvalue weighted by Gasteiger charge is 2.33. The number of hydrogen-bond acceptors (Lipinski definition) is 3. The smallest absolute Gasteiger partial charge is 0.327 e. The van der Waals surface area contributed by atoms with Gasteiger partial charge in [0, 0.05) is 30.5 Å². The Hall–Kier alpha value is -1.69. The van der Waals surface area contributed by atoms with Crippen molar-refractivity contribution < 1.29 is 14.7 Å². The van der Waals surface area contributed by atoms with Gasteiger partial charge in [-0.1, -0.05) is 24.3 Å². The fourth-order valence-corrected chi connectivity index (χ4v) is 3.95. The maximum atomic E-state index is 12.2. The first-order valence-electron chi connectivity index (χ1n) is 7.09. The molecule has 0 saturated carbocycles. The molecule has 3 rings (SSSR count). The number of aliphatic carboxylic acids is 1. The summed E-state index contributed by atoms with van der Waals surface area (Å²) in [7, 11) is 0. The Morgan fingerprint density at radius 1 is 1.38 bits per heavy atom. The lowest BCUT2D eigenvalue weighted by atomic mass is 9.78. The van der Waals surface area contributed by atoms with Crippen LogP contribution >= 0.6 is 11.8 Å². The second-order valence-electron chi connectivity index (χ2n) is 5.41. The van der Waals surface area contributed by atoms with Gasteiger partial charge >= 0.3 is 12.0 Å². The summed E-state index contributed by atoms with van der Waals surface area (Å²) < 4.78 is 0. The number of thioether (sulfide) groups is 1.